The first kappa shape index (κ1) is 48.6. The van der Waals surface area contributed by atoms with Crippen LogP contribution in [0.25, 0.3) is 21.5 Å². The van der Waals surface area contributed by atoms with Gasteiger partial charge in [0.2, 0.25) is 0 Å². The Bertz CT molecular complexity index is 3780. The van der Waals surface area contributed by atoms with Gasteiger partial charge < -0.3 is 19.9 Å². The third-order valence-corrected chi connectivity index (χ3v) is 13.5. The Hall–Kier alpha value is -7.30. The van der Waals surface area contributed by atoms with Crippen molar-refractivity contribution in [2.75, 3.05) is 19.5 Å². The minimum Gasteiger partial charge on any atom is -0.505 e. The van der Waals surface area contributed by atoms with Crippen LogP contribution in [0.3, 0.4) is 0 Å². The molecule has 0 aliphatic rings. The maximum absolute atomic E-state index is 12.6. The molecule has 22 nitrogen and oxygen atoms in total. The van der Waals surface area contributed by atoms with Crippen LogP contribution in [0.5, 0.6) is 17.2 Å². The highest BCUT2D eigenvalue weighted by Gasteiger charge is 2.26. The molecule has 7 rings (SSSR count). The minimum absolute atomic E-state index is 0.0610. The molecule has 7 aromatic rings. The van der Waals surface area contributed by atoms with Crippen molar-refractivity contribution in [3.05, 3.63) is 114 Å². The van der Waals surface area contributed by atoms with E-state index in [1.54, 1.807) is 32.0 Å². The molecule has 0 aromatic heterocycles. The van der Waals surface area contributed by atoms with E-state index < -0.39 is 88.0 Å². The average molecular weight is 1010 g/mol. The second kappa shape index (κ2) is 18.4. The molecule has 0 bridgehead atoms. The molecule has 0 unspecified atom stereocenters. The third kappa shape index (κ3) is 10.5. The number of phenolic OH excluding ortho intramolecular Hbond substituents is 1. The van der Waals surface area contributed by atoms with Crippen molar-refractivity contribution in [1.82, 2.24) is 0 Å². The monoisotopic (exact) mass is 1010 g/mol. The van der Waals surface area contributed by atoms with Gasteiger partial charge in [0.05, 0.1) is 30.5 Å². The number of phenols is 1. The van der Waals surface area contributed by atoms with E-state index in [-0.39, 0.29) is 45.0 Å². The minimum atomic E-state index is -5.18. The summed E-state index contributed by atoms with van der Waals surface area (Å²) >= 11 is 0. The van der Waals surface area contributed by atoms with Crippen LogP contribution in [-0.4, -0.2) is 71.2 Å². The number of methoxy groups -OCH3 is 2. The van der Waals surface area contributed by atoms with E-state index in [4.69, 9.17) is 9.47 Å². The number of nitrogens with one attached hydrogen (secondary N) is 1. The summed E-state index contributed by atoms with van der Waals surface area (Å²) in [5.74, 6) is -0.386. The van der Waals surface area contributed by atoms with Crippen LogP contribution < -0.4 is 14.8 Å². The van der Waals surface area contributed by atoms with Crippen LogP contribution >= 0.6 is 0 Å². The number of benzene rings is 7. The van der Waals surface area contributed by atoms with Crippen molar-refractivity contribution in [2.45, 2.75) is 33.4 Å². The summed E-state index contributed by atoms with van der Waals surface area (Å²) in [4.78, 5) is -3.65. The summed E-state index contributed by atoms with van der Waals surface area (Å²) in [6.07, 6.45) is 0. The van der Waals surface area contributed by atoms with Crippen LogP contribution in [0.4, 0.5) is 45.5 Å². The van der Waals surface area contributed by atoms with E-state index in [2.05, 4.69) is 36.0 Å². The zero-order chi connectivity index (χ0) is 49.5. The molecule has 0 heterocycles. The number of rotatable bonds is 14. The second-order valence-electron chi connectivity index (χ2n) is 14.6. The summed E-state index contributed by atoms with van der Waals surface area (Å²) in [6, 6.07) is 23.6. The Balaban J connectivity index is 1.20. The number of azo groups is 3. The molecule has 0 spiro atoms. The van der Waals surface area contributed by atoms with Gasteiger partial charge in [-0.2, -0.15) is 43.9 Å². The fourth-order valence-electron chi connectivity index (χ4n) is 6.72. The molecular weight excluding hydrogens is 971 g/mol. The number of nitrogens with zero attached hydrogens (tertiary/aromatic N) is 6. The van der Waals surface area contributed by atoms with E-state index >= 15 is 0 Å². The van der Waals surface area contributed by atoms with Gasteiger partial charge in [-0.15, -0.1) is 20.5 Å². The first-order valence-electron chi connectivity index (χ1n) is 19.1. The van der Waals surface area contributed by atoms with E-state index in [0.717, 1.165) is 23.9 Å². The first-order valence-corrected chi connectivity index (χ1v) is 24.9. The number of hydrogen-bond acceptors (Lipinski definition) is 18. The van der Waals surface area contributed by atoms with E-state index in [0.29, 0.717) is 28.9 Å². The van der Waals surface area contributed by atoms with Gasteiger partial charge >= 0.3 is 0 Å². The van der Waals surface area contributed by atoms with Crippen molar-refractivity contribution in [3.8, 4) is 17.2 Å². The summed E-state index contributed by atoms with van der Waals surface area (Å²) in [5, 5.41) is 38.9. The van der Waals surface area contributed by atoms with Gasteiger partial charge in [0, 0.05) is 34.3 Å². The number of fused-ring (bicyclic) bond motifs is 2. The predicted octanol–water partition coefficient (Wildman–Crippen LogP) is 10.3. The molecule has 0 amide bonds. The number of anilines is 2. The molecular formula is C42H35N7O15S4. The fraction of sp³-hybridized carbons (Fsp3) is 0.0952. The zero-order valence-corrected chi connectivity index (χ0v) is 38.7. The second-order valence-corrected chi connectivity index (χ2v) is 20.2. The van der Waals surface area contributed by atoms with Crippen molar-refractivity contribution in [3.63, 3.8) is 0 Å². The standard InChI is InChI=1S/C42H35N7O15S4/c1-22-12-33(36(63-3)21-32(22)45-48-35-19-30-25(16-39(35)67(57,58)59)15-28(65(51,52)53)18-38(30)66(54,55)56)46-44-31-20-37(64-4)34(13-23(31)2)47-49-41-40(68(60,61)62)17-24-14-27(10-11-29(24)42(41)50)43-26-8-6-5-7-9-26/h5-21,43,50H,1-4H3,(H,51,52,53)(H,54,55,56)(H,57,58,59)(H,60,61,62). The molecule has 6 N–H and O–H groups in total. The van der Waals surface area contributed by atoms with Gasteiger partial charge in [-0.05, 0) is 109 Å². The lowest BCUT2D eigenvalue weighted by molar-refractivity contribution is 0.415. The molecule has 0 radical (unpaired) electrons. The Morgan fingerprint density at radius 1 is 0.456 bits per heavy atom. The summed E-state index contributed by atoms with van der Waals surface area (Å²) in [7, 11) is -17.7. The molecule has 68 heavy (non-hydrogen) atoms. The summed E-state index contributed by atoms with van der Waals surface area (Å²) < 4.78 is 149. The Morgan fingerprint density at radius 2 is 0.956 bits per heavy atom. The lowest BCUT2D eigenvalue weighted by Gasteiger charge is -2.12. The Kier molecular flexibility index (Phi) is 13.2. The zero-order valence-electron chi connectivity index (χ0n) is 35.4. The predicted molar refractivity (Wildman–Crippen MR) is 247 cm³/mol. The highest BCUT2D eigenvalue weighted by Crippen LogP contribution is 2.45. The molecule has 26 heteroatoms. The molecule has 0 aliphatic heterocycles. The number of para-hydroxylation sites is 1. The highest BCUT2D eigenvalue weighted by atomic mass is 32.2. The van der Waals surface area contributed by atoms with Crippen LogP contribution in [-0.2, 0) is 40.5 Å². The molecule has 0 atom stereocenters. The number of aryl methyl sites for hydroxylation is 2. The molecule has 0 saturated heterocycles. The van der Waals surface area contributed by atoms with Gasteiger partial charge in [0.25, 0.3) is 40.5 Å². The molecule has 0 aliphatic carbocycles. The van der Waals surface area contributed by atoms with Gasteiger partial charge in [-0.1, -0.05) is 18.2 Å². The smallest absolute Gasteiger partial charge is 0.296 e. The first-order chi connectivity index (χ1) is 31.8. The number of ether oxygens (including phenoxy) is 2. The normalized spacial score (nSPS) is 12.8. The van der Waals surface area contributed by atoms with Gasteiger partial charge in [-0.25, -0.2) is 0 Å². The van der Waals surface area contributed by atoms with Crippen molar-refractivity contribution >= 4 is 108 Å². The summed E-state index contributed by atoms with van der Waals surface area (Å²) in [6.45, 7) is 3.22. The van der Waals surface area contributed by atoms with Crippen LogP contribution in [0, 0.1) is 13.8 Å². The van der Waals surface area contributed by atoms with Gasteiger partial charge in [0.1, 0.15) is 48.9 Å². The van der Waals surface area contributed by atoms with Crippen LogP contribution in [0.1, 0.15) is 11.1 Å². The number of hydrogen-bond donors (Lipinski definition) is 6. The van der Waals surface area contributed by atoms with E-state index in [1.165, 1.54) is 38.5 Å². The fourth-order valence-corrected chi connectivity index (χ4v) is 9.36. The lowest BCUT2D eigenvalue weighted by atomic mass is 10.1. The van der Waals surface area contributed by atoms with E-state index in [1.807, 2.05) is 30.3 Å². The molecule has 7 aromatic carbocycles. The van der Waals surface area contributed by atoms with Crippen molar-refractivity contribution in [1.29, 1.82) is 0 Å². The SMILES string of the molecule is COc1cc(N=Nc2cc3c(S(=O)(=O)O)cc(S(=O)(=O)O)cc3cc2S(=O)(=O)O)c(C)cc1N=Nc1cc(OC)c(N=Nc2c(S(=O)(=O)O)cc3cc(Nc4ccccc4)ccc3c2O)cc1C. The van der Waals surface area contributed by atoms with Crippen molar-refractivity contribution in [2.24, 2.45) is 30.7 Å². The van der Waals surface area contributed by atoms with E-state index in [9.17, 15) is 57.0 Å². The lowest BCUT2D eigenvalue weighted by Crippen LogP contribution is -2.05. The topological polar surface area (TPSA) is 342 Å². The maximum Gasteiger partial charge on any atom is 0.296 e. The van der Waals surface area contributed by atoms with Gasteiger partial charge in [-0.3, -0.25) is 18.2 Å². The molecule has 352 valence electrons. The summed E-state index contributed by atoms with van der Waals surface area (Å²) in [5.41, 5.74) is 1.58. The Labute approximate surface area is 387 Å². The van der Waals surface area contributed by atoms with Crippen LogP contribution in [0.15, 0.2) is 153 Å². The third-order valence-electron chi connectivity index (χ3n) is 10.00. The Morgan fingerprint density at radius 3 is 1.49 bits per heavy atom. The van der Waals surface area contributed by atoms with Crippen molar-refractivity contribution < 1.29 is 66.5 Å². The number of aromatic hydroxyl groups is 1. The largest absolute Gasteiger partial charge is 0.505 e. The average Bonchev–Trinajstić information content (AvgIpc) is 3.26. The highest BCUT2D eigenvalue weighted by molar-refractivity contribution is 7.87. The maximum atomic E-state index is 12.6. The van der Waals surface area contributed by atoms with Gasteiger partial charge in [0.15, 0.2) is 5.75 Å². The van der Waals surface area contributed by atoms with Crippen LogP contribution in [0.2, 0.25) is 0 Å². The molecule has 0 fully saturated rings. The quantitative estimate of drug-likeness (QED) is 0.0435. The molecule has 0 saturated carbocycles.